The fraction of sp³-hybridized carbons (Fsp3) is 0.727. The second-order valence-corrected chi connectivity index (χ2v) is 5.22. The van der Waals surface area contributed by atoms with Gasteiger partial charge in [0.05, 0.1) is 18.2 Å². The van der Waals surface area contributed by atoms with Crippen molar-refractivity contribution in [1.29, 1.82) is 0 Å². The Balaban J connectivity index is 3.06. The maximum Gasteiger partial charge on any atom is 0.322 e. The van der Waals surface area contributed by atoms with Crippen LogP contribution in [-0.2, 0) is 0 Å². The van der Waals surface area contributed by atoms with Crippen molar-refractivity contribution in [2.24, 2.45) is 0 Å². The summed E-state index contributed by atoms with van der Waals surface area (Å²) in [6.45, 7) is 7.45. The van der Waals surface area contributed by atoms with Crippen LogP contribution in [0.15, 0.2) is 0 Å². The number of hydrogen-bond donors (Lipinski definition) is 1. The highest BCUT2D eigenvalue weighted by atomic mass is 35.5. The number of hydrogen-bond acceptors (Lipinski definition) is 6. The summed E-state index contributed by atoms with van der Waals surface area (Å²) in [5.74, 6) is 0.365. The largest absolute Gasteiger partial charge is 0.461 e. The molecular formula is C11H19ClN4O2. The molecule has 0 atom stereocenters. The SMILES string of the molecule is CC(C)Oc1nc(Cl)nc(N(C)C(C)(C)CO)n1. The number of nitrogens with zero attached hydrogens (tertiary/aromatic N) is 4. The Kier molecular flexibility index (Phi) is 4.70. The van der Waals surface area contributed by atoms with Gasteiger partial charge < -0.3 is 14.7 Å². The highest BCUT2D eigenvalue weighted by Gasteiger charge is 2.25. The number of aliphatic hydroxyl groups is 1. The van der Waals surface area contributed by atoms with Gasteiger partial charge in [0, 0.05) is 7.05 Å². The van der Waals surface area contributed by atoms with Crippen LogP contribution in [0.4, 0.5) is 5.95 Å². The van der Waals surface area contributed by atoms with E-state index >= 15 is 0 Å². The summed E-state index contributed by atoms with van der Waals surface area (Å²) in [5, 5.41) is 9.40. The number of anilines is 1. The minimum atomic E-state index is -0.500. The lowest BCUT2D eigenvalue weighted by atomic mass is 10.1. The normalized spacial score (nSPS) is 11.8. The summed E-state index contributed by atoms with van der Waals surface area (Å²) < 4.78 is 5.40. The summed E-state index contributed by atoms with van der Waals surface area (Å²) in [6, 6.07) is 0.181. The fourth-order valence-electron chi connectivity index (χ4n) is 1.11. The van der Waals surface area contributed by atoms with Crippen molar-refractivity contribution in [2.75, 3.05) is 18.6 Å². The molecule has 0 aromatic carbocycles. The average Bonchev–Trinajstić information content (AvgIpc) is 2.26. The number of aromatic nitrogens is 3. The Morgan fingerprint density at radius 3 is 2.44 bits per heavy atom. The van der Waals surface area contributed by atoms with Crippen LogP contribution < -0.4 is 9.64 Å². The van der Waals surface area contributed by atoms with Gasteiger partial charge in [-0.3, -0.25) is 0 Å². The summed E-state index contributed by atoms with van der Waals surface area (Å²) in [6.07, 6.45) is -0.0486. The molecule has 0 spiro atoms. The Bertz CT molecular complexity index is 412. The first-order valence-electron chi connectivity index (χ1n) is 5.69. The van der Waals surface area contributed by atoms with E-state index in [2.05, 4.69) is 15.0 Å². The fourth-order valence-corrected chi connectivity index (χ4v) is 1.26. The lowest BCUT2D eigenvalue weighted by Crippen LogP contribution is -2.45. The molecule has 18 heavy (non-hydrogen) atoms. The molecule has 0 saturated heterocycles. The van der Waals surface area contributed by atoms with Gasteiger partial charge in [-0.25, -0.2) is 0 Å². The molecule has 1 rings (SSSR count). The molecule has 0 amide bonds. The molecule has 1 aromatic rings. The van der Waals surface area contributed by atoms with E-state index in [1.165, 1.54) is 0 Å². The van der Waals surface area contributed by atoms with E-state index in [9.17, 15) is 5.11 Å². The Morgan fingerprint density at radius 1 is 1.33 bits per heavy atom. The van der Waals surface area contributed by atoms with Crippen molar-refractivity contribution in [3.05, 3.63) is 5.28 Å². The quantitative estimate of drug-likeness (QED) is 0.878. The van der Waals surface area contributed by atoms with E-state index in [1.807, 2.05) is 27.7 Å². The van der Waals surface area contributed by atoms with Crippen molar-refractivity contribution in [3.63, 3.8) is 0 Å². The van der Waals surface area contributed by atoms with Crippen LogP contribution in [0.25, 0.3) is 0 Å². The minimum Gasteiger partial charge on any atom is -0.461 e. The summed E-state index contributed by atoms with van der Waals surface area (Å²) >= 11 is 5.84. The molecule has 0 aliphatic rings. The van der Waals surface area contributed by atoms with Crippen LogP contribution in [-0.4, -0.2) is 45.4 Å². The van der Waals surface area contributed by atoms with Crippen LogP contribution in [0.3, 0.4) is 0 Å². The summed E-state index contributed by atoms with van der Waals surface area (Å²) in [5.41, 5.74) is -0.500. The van der Waals surface area contributed by atoms with Gasteiger partial charge >= 0.3 is 6.01 Å². The third kappa shape index (κ3) is 3.68. The van der Waals surface area contributed by atoms with Crippen LogP contribution in [0.5, 0.6) is 6.01 Å². The van der Waals surface area contributed by atoms with Crippen LogP contribution in [0, 0.1) is 0 Å². The lowest BCUT2D eigenvalue weighted by Gasteiger charge is -2.33. The van der Waals surface area contributed by atoms with E-state index < -0.39 is 5.54 Å². The Morgan fingerprint density at radius 2 is 1.94 bits per heavy atom. The van der Waals surface area contributed by atoms with Gasteiger partial charge in [0.2, 0.25) is 11.2 Å². The van der Waals surface area contributed by atoms with Crippen LogP contribution in [0.2, 0.25) is 5.28 Å². The number of ether oxygens (including phenoxy) is 1. The molecule has 0 aliphatic heterocycles. The zero-order valence-electron chi connectivity index (χ0n) is 11.3. The van der Waals surface area contributed by atoms with Crippen LogP contribution in [0.1, 0.15) is 27.7 Å². The second-order valence-electron chi connectivity index (χ2n) is 4.88. The first-order chi connectivity index (χ1) is 8.26. The predicted molar refractivity (Wildman–Crippen MR) is 70.2 cm³/mol. The predicted octanol–water partition coefficient (Wildman–Crippen LogP) is 1.52. The van der Waals surface area contributed by atoms with E-state index in [4.69, 9.17) is 16.3 Å². The molecule has 0 bridgehead atoms. The maximum atomic E-state index is 9.33. The second kappa shape index (κ2) is 5.67. The molecule has 1 aromatic heterocycles. The van der Waals surface area contributed by atoms with Crippen molar-refractivity contribution in [2.45, 2.75) is 39.3 Å². The number of likely N-dealkylation sites (N-methyl/N-ethyl adjacent to an activating group) is 1. The monoisotopic (exact) mass is 274 g/mol. The van der Waals surface area contributed by atoms with E-state index in [0.717, 1.165) is 0 Å². The molecular weight excluding hydrogens is 256 g/mol. The number of halogens is 1. The van der Waals surface area contributed by atoms with Crippen molar-refractivity contribution in [3.8, 4) is 6.01 Å². The zero-order chi connectivity index (χ0) is 13.9. The molecule has 6 nitrogen and oxygen atoms in total. The lowest BCUT2D eigenvalue weighted by molar-refractivity contribution is 0.210. The smallest absolute Gasteiger partial charge is 0.322 e. The third-order valence-electron chi connectivity index (χ3n) is 2.51. The van der Waals surface area contributed by atoms with E-state index in [-0.39, 0.29) is 24.0 Å². The third-order valence-corrected chi connectivity index (χ3v) is 2.68. The number of rotatable bonds is 5. The molecule has 0 aliphatic carbocycles. The topological polar surface area (TPSA) is 71.4 Å². The minimum absolute atomic E-state index is 0.0346. The molecule has 0 saturated carbocycles. The van der Waals surface area contributed by atoms with Crippen molar-refractivity contribution < 1.29 is 9.84 Å². The van der Waals surface area contributed by atoms with Crippen molar-refractivity contribution in [1.82, 2.24) is 15.0 Å². The van der Waals surface area contributed by atoms with Gasteiger partial charge in [-0.1, -0.05) is 0 Å². The first kappa shape index (κ1) is 14.9. The maximum absolute atomic E-state index is 9.33. The molecule has 0 unspecified atom stereocenters. The highest BCUT2D eigenvalue weighted by Crippen LogP contribution is 2.21. The van der Waals surface area contributed by atoms with Gasteiger partial charge in [-0.2, -0.15) is 15.0 Å². The number of aliphatic hydroxyl groups excluding tert-OH is 1. The van der Waals surface area contributed by atoms with E-state index in [1.54, 1.807) is 11.9 Å². The average molecular weight is 275 g/mol. The first-order valence-corrected chi connectivity index (χ1v) is 6.07. The van der Waals surface area contributed by atoms with Gasteiger partial charge in [-0.05, 0) is 39.3 Å². The standard InChI is InChI=1S/C11H19ClN4O2/c1-7(2)18-10-14-8(12)13-9(15-10)16(5)11(3,4)6-17/h7,17H,6H2,1-5H3. The molecule has 7 heteroatoms. The summed E-state index contributed by atoms with van der Waals surface area (Å²) in [4.78, 5) is 13.8. The van der Waals surface area contributed by atoms with Gasteiger partial charge in [0.1, 0.15) is 0 Å². The van der Waals surface area contributed by atoms with E-state index in [0.29, 0.717) is 5.95 Å². The molecule has 1 N–H and O–H groups in total. The summed E-state index contributed by atoms with van der Waals surface area (Å²) in [7, 11) is 1.78. The molecule has 1 heterocycles. The van der Waals surface area contributed by atoms with Crippen molar-refractivity contribution >= 4 is 17.5 Å². The van der Waals surface area contributed by atoms with Gasteiger partial charge in [-0.15, -0.1) is 0 Å². The highest BCUT2D eigenvalue weighted by molar-refractivity contribution is 6.28. The Hall–Kier alpha value is -1.14. The molecule has 0 fully saturated rings. The molecule has 102 valence electrons. The van der Waals surface area contributed by atoms with Crippen LogP contribution >= 0.6 is 11.6 Å². The van der Waals surface area contributed by atoms with Gasteiger partial charge in [0.25, 0.3) is 0 Å². The Labute approximate surface area is 112 Å². The molecule has 0 radical (unpaired) electrons. The van der Waals surface area contributed by atoms with Gasteiger partial charge in [0.15, 0.2) is 0 Å². The zero-order valence-corrected chi connectivity index (χ0v) is 12.1.